The molecule has 0 aliphatic rings. The molecule has 0 heterocycles. The van der Waals surface area contributed by atoms with Crippen LogP contribution >= 0.6 is 0 Å². The van der Waals surface area contributed by atoms with Gasteiger partial charge < -0.3 is 25.1 Å². The molecule has 43 heavy (non-hydrogen) atoms. The molecule has 0 saturated heterocycles. The zero-order valence-corrected chi connectivity index (χ0v) is 26.3. The van der Waals surface area contributed by atoms with Crippen LogP contribution in [0, 0.1) is 0 Å². The highest BCUT2D eigenvalue weighted by atomic mass is 16.3. The summed E-state index contributed by atoms with van der Waals surface area (Å²) < 4.78 is 0. The SMILES string of the molecule is CC(C)(C)N(CCO)C(=O)c1ccccc1CCC(O)Cc1ccccc1C(=O)N(CCO)C(C)(C)Cc1ccccc1. The summed E-state index contributed by atoms with van der Waals surface area (Å²) in [4.78, 5) is 30.8. The van der Waals surface area contributed by atoms with E-state index in [1.165, 1.54) is 0 Å². The van der Waals surface area contributed by atoms with Gasteiger partial charge in [0.1, 0.15) is 0 Å². The zero-order chi connectivity index (χ0) is 31.6. The lowest BCUT2D eigenvalue weighted by molar-refractivity contribution is 0.0485. The van der Waals surface area contributed by atoms with Crippen LogP contribution in [0.5, 0.6) is 0 Å². The molecule has 3 aromatic carbocycles. The lowest BCUT2D eigenvalue weighted by Gasteiger charge is -2.39. The third kappa shape index (κ3) is 9.23. The molecule has 1 atom stereocenters. The minimum atomic E-state index is -0.739. The van der Waals surface area contributed by atoms with Gasteiger partial charge in [-0.3, -0.25) is 9.59 Å². The largest absolute Gasteiger partial charge is 0.395 e. The molecule has 3 aromatic rings. The van der Waals surface area contributed by atoms with Crippen molar-refractivity contribution < 1.29 is 24.9 Å². The minimum Gasteiger partial charge on any atom is -0.395 e. The van der Waals surface area contributed by atoms with Crippen LogP contribution in [-0.2, 0) is 19.3 Å². The number of hydrogen-bond acceptors (Lipinski definition) is 5. The van der Waals surface area contributed by atoms with Crippen LogP contribution in [0.2, 0.25) is 0 Å². The van der Waals surface area contributed by atoms with Crippen molar-refractivity contribution in [1.82, 2.24) is 9.80 Å². The Hall–Kier alpha value is -3.52. The number of β-amino-alcohol motifs (C(OH)–C–C–N with tert-alkyl or cyclic N) is 2. The number of carbonyl (C=O) groups excluding carboxylic acids is 2. The molecule has 0 aliphatic carbocycles. The lowest BCUT2D eigenvalue weighted by Crippen LogP contribution is -2.50. The van der Waals surface area contributed by atoms with Gasteiger partial charge in [0.15, 0.2) is 0 Å². The third-order valence-corrected chi connectivity index (χ3v) is 7.86. The quantitative estimate of drug-likeness (QED) is 0.248. The van der Waals surface area contributed by atoms with E-state index in [0.29, 0.717) is 30.4 Å². The topological polar surface area (TPSA) is 101 Å². The van der Waals surface area contributed by atoms with Crippen molar-refractivity contribution >= 4 is 11.8 Å². The van der Waals surface area contributed by atoms with Gasteiger partial charge in [-0.1, -0.05) is 66.7 Å². The Morgan fingerprint density at radius 2 is 1.19 bits per heavy atom. The molecule has 7 heteroatoms. The second-order valence-electron chi connectivity index (χ2n) is 12.7. The Kier molecular flexibility index (Phi) is 12.1. The molecule has 0 fully saturated rings. The molecular weight excluding hydrogens is 540 g/mol. The Labute approximate surface area is 256 Å². The summed E-state index contributed by atoms with van der Waals surface area (Å²) in [5.74, 6) is -0.329. The number of aryl methyl sites for hydroxylation is 1. The van der Waals surface area contributed by atoms with Gasteiger partial charge in [-0.2, -0.15) is 0 Å². The molecular formula is C36H48N2O5. The Morgan fingerprint density at radius 1 is 0.698 bits per heavy atom. The maximum absolute atomic E-state index is 13.9. The van der Waals surface area contributed by atoms with E-state index in [1.807, 2.05) is 101 Å². The molecule has 0 saturated carbocycles. The monoisotopic (exact) mass is 588 g/mol. The van der Waals surface area contributed by atoms with Gasteiger partial charge >= 0.3 is 0 Å². The minimum absolute atomic E-state index is 0.124. The number of hydrogen-bond donors (Lipinski definition) is 3. The molecule has 0 radical (unpaired) electrons. The summed E-state index contributed by atoms with van der Waals surface area (Å²) in [6.07, 6.45) is 1.06. The molecule has 7 nitrogen and oxygen atoms in total. The van der Waals surface area contributed by atoms with Gasteiger partial charge in [0.05, 0.1) is 19.3 Å². The molecule has 1 unspecified atom stereocenters. The van der Waals surface area contributed by atoms with Crippen molar-refractivity contribution in [3.63, 3.8) is 0 Å². The van der Waals surface area contributed by atoms with Gasteiger partial charge in [-0.25, -0.2) is 0 Å². The summed E-state index contributed by atoms with van der Waals surface area (Å²) in [5.41, 5.74) is 2.74. The summed E-state index contributed by atoms with van der Waals surface area (Å²) in [6.45, 7) is 9.99. The number of nitrogens with zero attached hydrogens (tertiary/aromatic N) is 2. The fourth-order valence-corrected chi connectivity index (χ4v) is 5.63. The molecule has 0 spiro atoms. The van der Waals surface area contributed by atoms with Gasteiger partial charge in [-0.05, 0) is 89.1 Å². The van der Waals surface area contributed by atoms with Gasteiger partial charge in [0.2, 0.25) is 0 Å². The third-order valence-electron chi connectivity index (χ3n) is 7.86. The van der Waals surface area contributed by atoms with E-state index in [9.17, 15) is 24.9 Å². The van der Waals surface area contributed by atoms with Crippen molar-refractivity contribution in [3.8, 4) is 0 Å². The zero-order valence-electron chi connectivity index (χ0n) is 26.3. The van der Waals surface area contributed by atoms with Crippen molar-refractivity contribution in [2.24, 2.45) is 0 Å². The lowest BCUT2D eigenvalue weighted by atomic mass is 9.90. The van der Waals surface area contributed by atoms with E-state index in [4.69, 9.17) is 0 Å². The van der Waals surface area contributed by atoms with Crippen LogP contribution in [0.15, 0.2) is 78.9 Å². The molecule has 232 valence electrons. The van der Waals surface area contributed by atoms with E-state index in [-0.39, 0.29) is 44.5 Å². The second-order valence-corrected chi connectivity index (χ2v) is 12.7. The molecule has 3 N–H and O–H groups in total. The van der Waals surface area contributed by atoms with E-state index < -0.39 is 17.2 Å². The molecule has 3 rings (SSSR count). The standard InChI is InChI=1S/C36H48N2O5/c1-35(2,3)37(21-23-39)33(42)31-17-11-9-15-28(31)19-20-30(41)25-29-16-10-12-18-32(29)34(43)38(22-24-40)36(4,5)26-27-13-7-6-8-14-27/h6-18,30,39-41H,19-26H2,1-5H3. The van der Waals surface area contributed by atoms with Crippen LogP contribution in [0.4, 0.5) is 0 Å². The van der Waals surface area contributed by atoms with E-state index in [1.54, 1.807) is 21.9 Å². The number of amides is 2. The first-order valence-electron chi connectivity index (χ1n) is 15.1. The Morgan fingerprint density at radius 3 is 1.77 bits per heavy atom. The highest BCUT2D eigenvalue weighted by molar-refractivity contribution is 5.97. The van der Waals surface area contributed by atoms with Crippen LogP contribution < -0.4 is 0 Å². The van der Waals surface area contributed by atoms with Crippen molar-refractivity contribution in [1.29, 1.82) is 0 Å². The van der Waals surface area contributed by atoms with E-state index in [0.717, 1.165) is 16.7 Å². The van der Waals surface area contributed by atoms with E-state index >= 15 is 0 Å². The average Bonchev–Trinajstić information content (AvgIpc) is 2.97. The van der Waals surface area contributed by atoms with Crippen molar-refractivity contribution in [2.75, 3.05) is 26.3 Å². The van der Waals surface area contributed by atoms with Crippen LogP contribution in [-0.4, -0.2) is 80.4 Å². The predicted octanol–water partition coefficient (Wildman–Crippen LogP) is 4.91. The van der Waals surface area contributed by atoms with Crippen LogP contribution in [0.25, 0.3) is 0 Å². The Balaban J connectivity index is 1.77. The first-order chi connectivity index (χ1) is 20.4. The van der Waals surface area contributed by atoms with Crippen molar-refractivity contribution in [3.05, 3.63) is 107 Å². The number of rotatable bonds is 14. The molecule has 0 aromatic heterocycles. The van der Waals surface area contributed by atoms with E-state index in [2.05, 4.69) is 0 Å². The normalized spacial score (nSPS) is 12.6. The fraction of sp³-hybridized carbons (Fsp3) is 0.444. The summed E-state index contributed by atoms with van der Waals surface area (Å²) in [7, 11) is 0. The molecule has 2 amide bonds. The first-order valence-corrected chi connectivity index (χ1v) is 15.1. The fourth-order valence-electron chi connectivity index (χ4n) is 5.63. The molecule has 0 aliphatic heterocycles. The Bertz CT molecular complexity index is 1330. The predicted molar refractivity (Wildman–Crippen MR) is 171 cm³/mol. The summed E-state index contributed by atoms with van der Waals surface area (Å²) >= 11 is 0. The maximum atomic E-state index is 13.9. The van der Waals surface area contributed by atoms with Crippen LogP contribution in [0.1, 0.15) is 78.4 Å². The number of carbonyl (C=O) groups is 2. The first kappa shape index (κ1) is 34.0. The highest BCUT2D eigenvalue weighted by Crippen LogP contribution is 2.26. The average molecular weight is 589 g/mol. The molecule has 0 bridgehead atoms. The van der Waals surface area contributed by atoms with Gasteiger partial charge in [0.25, 0.3) is 11.8 Å². The number of benzene rings is 3. The summed E-state index contributed by atoms with van der Waals surface area (Å²) in [5, 5.41) is 30.5. The van der Waals surface area contributed by atoms with Crippen molar-refractivity contribution in [2.45, 2.75) is 77.5 Å². The van der Waals surface area contributed by atoms with Crippen LogP contribution in [0.3, 0.4) is 0 Å². The van der Waals surface area contributed by atoms with Gasteiger partial charge in [0, 0.05) is 35.3 Å². The van der Waals surface area contributed by atoms with Gasteiger partial charge in [-0.15, -0.1) is 0 Å². The number of aliphatic hydroxyl groups excluding tert-OH is 3. The maximum Gasteiger partial charge on any atom is 0.254 e. The highest BCUT2D eigenvalue weighted by Gasteiger charge is 2.33. The number of aliphatic hydroxyl groups is 3. The summed E-state index contributed by atoms with van der Waals surface area (Å²) in [6, 6.07) is 24.7. The second kappa shape index (κ2) is 15.3. The smallest absolute Gasteiger partial charge is 0.254 e.